The van der Waals surface area contributed by atoms with Gasteiger partial charge in [0.1, 0.15) is 0 Å². The number of morpholine rings is 1. The van der Waals surface area contributed by atoms with Gasteiger partial charge in [0.2, 0.25) is 0 Å². The molecule has 2 aromatic heterocycles. The summed E-state index contributed by atoms with van der Waals surface area (Å²) >= 11 is 0. The van der Waals surface area contributed by atoms with E-state index in [2.05, 4.69) is 40.8 Å². The summed E-state index contributed by atoms with van der Waals surface area (Å²) in [5.74, 6) is 0. The number of para-hydroxylation sites is 1. The number of fused-ring (bicyclic) bond motifs is 1. The summed E-state index contributed by atoms with van der Waals surface area (Å²) in [5, 5.41) is 0.687. The Labute approximate surface area is 181 Å². The summed E-state index contributed by atoms with van der Waals surface area (Å²) in [7, 11) is 0. The molecule has 1 aliphatic rings. The minimum atomic E-state index is 0.0334. The molecule has 0 unspecified atom stereocenters. The van der Waals surface area contributed by atoms with E-state index in [1.165, 1.54) is 0 Å². The minimum absolute atomic E-state index is 0.0334. The van der Waals surface area contributed by atoms with E-state index < -0.39 is 0 Å². The number of aromatic amines is 1. The quantitative estimate of drug-likeness (QED) is 0.522. The van der Waals surface area contributed by atoms with Crippen molar-refractivity contribution in [3.8, 4) is 22.3 Å². The standard InChI is InChI=1S/C26H25N3O2/c1-17-15-29(16-18(2)31-17)21-8-6-19(7-9-21)24-14-28-25-22(20-10-12-27-13-11-20)4-3-5-23(25)26(24)30/h3-14,17-18H,15-16H2,1-2H3,(H,28,30)/t17-,18+. The molecule has 0 aliphatic carbocycles. The molecule has 4 aromatic rings. The zero-order valence-corrected chi connectivity index (χ0v) is 17.7. The molecule has 0 spiro atoms. The summed E-state index contributed by atoms with van der Waals surface area (Å²) in [6, 6.07) is 18.0. The molecule has 5 nitrogen and oxygen atoms in total. The van der Waals surface area contributed by atoms with Crippen LogP contribution in [0.5, 0.6) is 0 Å². The summed E-state index contributed by atoms with van der Waals surface area (Å²) in [4.78, 5) is 23.1. The lowest BCUT2D eigenvalue weighted by Gasteiger charge is -2.36. The molecule has 5 heteroatoms. The maximum atomic E-state index is 13.3. The van der Waals surface area contributed by atoms with Crippen LogP contribution in [0.25, 0.3) is 33.2 Å². The predicted molar refractivity (Wildman–Crippen MR) is 125 cm³/mol. The summed E-state index contributed by atoms with van der Waals surface area (Å²) < 4.78 is 5.84. The van der Waals surface area contributed by atoms with Crippen LogP contribution in [0, 0.1) is 0 Å². The second kappa shape index (κ2) is 8.00. The van der Waals surface area contributed by atoms with Crippen molar-refractivity contribution >= 4 is 16.6 Å². The van der Waals surface area contributed by atoms with E-state index in [4.69, 9.17) is 4.74 Å². The van der Waals surface area contributed by atoms with Gasteiger partial charge < -0.3 is 14.6 Å². The number of rotatable bonds is 3. The minimum Gasteiger partial charge on any atom is -0.372 e. The summed E-state index contributed by atoms with van der Waals surface area (Å²) in [6.45, 7) is 5.95. The van der Waals surface area contributed by atoms with Crippen LogP contribution in [0.15, 0.2) is 78.0 Å². The van der Waals surface area contributed by atoms with E-state index in [9.17, 15) is 4.79 Å². The fourth-order valence-corrected chi connectivity index (χ4v) is 4.48. The van der Waals surface area contributed by atoms with Crippen LogP contribution in [0.1, 0.15) is 13.8 Å². The molecular weight excluding hydrogens is 386 g/mol. The summed E-state index contributed by atoms with van der Waals surface area (Å²) in [6.07, 6.45) is 5.77. The van der Waals surface area contributed by atoms with Gasteiger partial charge in [0.15, 0.2) is 5.43 Å². The SMILES string of the molecule is C[C@@H]1CN(c2ccc(-c3c[nH]c4c(-c5ccncc5)cccc4c3=O)cc2)C[C@H](C)O1. The molecule has 1 saturated heterocycles. The normalized spacial score (nSPS) is 19.0. The van der Waals surface area contributed by atoms with Gasteiger partial charge in [0.05, 0.1) is 17.7 Å². The first-order valence-corrected chi connectivity index (χ1v) is 10.7. The zero-order valence-electron chi connectivity index (χ0n) is 17.7. The van der Waals surface area contributed by atoms with Gasteiger partial charge in [-0.05, 0) is 55.3 Å². The number of H-pyrrole nitrogens is 1. The average Bonchev–Trinajstić information content (AvgIpc) is 2.79. The highest BCUT2D eigenvalue weighted by atomic mass is 16.5. The third-order valence-corrected chi connectivity index (χ3v) is 5.87. The number of benzene rings is 2. The molecule has 5 rings (SSSR count). The summed E-state index contributed by atoms with van der Waals surface area (Å²) in [5.41, 5.74) is 5.64. The Morgan fingerprint density at radius 2 is 1.58 bits per heavy atom. The maximum absolute atomic E-state index is 13.3. The van der Waals surface area contributed by atoms with Crippen LogP contribution in [0.2, 0.25) is 0 Å². The van der Waals surface area contributed by atoms with Crippen molar-refractivity contribution in [1.29, 1.82) is 0 Å². The van der Waals surface area contributed by atoms with Crippen LogP contribution in [-0.2, 0) is 4.74 Å². The molecular formula is C26H25N3O2. The van der Waals surface area contributed by atoms with Crippen LogP contribution in [0.3, 0.4) is 0 Å². The van der Waals surface area contributed by atoms with Crippen LogP contribution < -0.4 is 10.3 Å². The van der Waals surface area contributed by atoms with Crippen molar-refractivity contribution in [2.24, 2.45) is 0 Å². The molecule has 1 N–H and O–H groups in total. The van der Waals surface area contributed by atoms with Gasteiger partial charge in [-0.3, -0.25) is 9.78 Å². The van der Waals surface area contributed by atoms with Crippen molar-refractivity contribution in [1.82, 2.24) is 9.97 Å². The van der Waals surface area contributed by atoms with Crippen molar-refractivity contribution < 1.29 is 4.74 Å². The Hall–Kier alpha value is -3.44. The first kappa shape index (κ1) is 19.5. The van der Waals surface area contributed by atoms with Crippen LogP contribution in [-0.4, -0.2) is 35.3 Å². The molecule has 0 amide bonds. The fourth-order valence-electron chi connectivity index (χ4n) is 4.48. The predicted octanol–water partition coefficient (Wildman–Crippen LogP) is 4.87. The van der Waals surface area contributed by atoms with Crippen molar-refractivity contribution in [2.75, 3.05) is 18.0 Å². The third kappa shape index (κ3) is 3.73. The Balaban J connectivity index is 1.51. The zero-order chi connectivity index (χ0) is 21.4. The lowest BCUT2D eigenvalue weighted by Crippen LogP contribution is -2.45. The molecule has 0 radical (unpaired) electrons. The topological polar surface area (TPSA) is 58.2 Å². The number of pyridine rings is 2. The second-order valence-corrected chi connectivity index (χ2v) is 8.20. The van der Waals surface area contributed by atoms with Crippen molar-refractivity contribution in [3.63, 3.8) is 0 Å². The lowest BCUT2D eigenvalue weighted by atomic mass is 9.99. The Bertz CT molecular complexity index is 1260. The van der Waals surface area contributed by atoms with Crippen LogP contribution in [0.4, 0.5) is 5.69 Å². The van der Waals surface area contributed by atoms with E-state index in [1.807, 2.05) is 48.7 Å². The molecule has 31 heavy (non-hydrogen) atoms. The van der Waals surface area contributed by atoms with Crippen molar-refractivity contribution in [2.45, 2.75) is 26.1 Å². The van der Waals surface area contributed by atoms with Gasteiger partial charge in [0, 0.05) is 53.9 Å². The van der Waals surface area contributed by atoms with E-state index in [0.717, 1.165) is 41.0 Å². The van der Waals surface area contributed by atoms with Crippen molar-refractivity contribution in [3.05, 3.63) is 83.4 Å². The van der Waals surface area contributed by atoms with Gasteiger partial charge in [0.25, 0.3) is 0 Å². The first-order chi connectivity index (χ1) is 15.1. The monoisotopic (exact) mass is 411 g/mol. The molecule has 0 saturated carbocycles. The molecule has 0 bridgehead atoms. The smallest absolute Gasteiger partial charge is 0.197 e. The molecule has 1 aliphatic heterocycles. The average molecular weight is 412 g/mol. The van der Waals surface area contributed by atoms with Gasteiger partial charge in [-0.2, -0.15) is 0 Å². The molecule has 2 aromatic carbocycles. The van der Waals surface area contributed by atoms with E-state index in [-0.39, 0.29) is 17.6 Å². The second-order valence-electron chi connectivity index (χ2n) is 8.20. The largest absolute Gasteiger partial charge is 0.372 e. The number of hydrogen-bond acceptors (Lipinski definition) is 4. The van der Waals surface area contributed by atoms with E-state index in [0.29, 0.717) is 10.9 Å². The van der Waals surface area contributed by atoms with Crippen LogP contribution >= 0.6 is 0 Å². The van der Waals surface area contributed by atoms with E-state index >= 15 is 0 Å². The van der Waals surface area contributed by atoms with Gasteiger partial charge in [-0.15, -0.1) is 0 Å². The molecule has 3 heterocycles. The maximum Gasteiger partial charge on any atom is 0.197 e. The fraction of sp³-hybridized carbons (Fsp3) is 0.231. The number of nitrogens with zero attached hydrogens (tertiary/aromatic N) is 2. The third-order valence-electron chi connectivity index (χ3n) is 5.87. The number of ether oxygens (including phenoxy) is 1. The first-order valence-electron chi connectivity index (χ1n) is 10.7. The highest BCUT2D eigenvalue weighted by Crippen LogP contribution is 2.28. The number of aromatic nitrogens is 2. The molecule has 1 fully saturated rings. The Kier molecular flexibility index (Phi) is 5.04. The highest BCUT2D eigenvalue weighted by Gasteiger charge is 2.22. The van der Waals surface area contributed by atoms with E-state index in [1.54, 1.807) is 12.4 Å². The number of anilines is 1. The van der Waals surface area contributed by atoms with Gasteiger partial charge in [-0.1, -0.05) is 24.3 Å². The lowest BCUT2D eigenvalue weighted by molar-refractivity contribution is -0.00521. The number of nitrogens with one attached hydrogen (secondary N) is 1. The van der Waals surface area contributed by atoms with Gasteiger partial charge in [-0.25, -0.2) is 0 Å². The van der Waals surface area contributed by atoms with Gasteiger partial charge >= 0.3 is 0 Å². The highest BCUT2D eigenvalue weighted by molar-refractivity contribution is 5.95. The Morgan fingerprint density at radius 3 is 2.29 bits per heavy atom. The number of hydrogen-bond donors (Lipinski definition) is 1. The Morgan fingerprint density at radius 1 is 0.903 bits per heavy atom. The molecule has 2 atom stereocenters. The molecule has 156 valence electrons.